The minimum atomic E-state index is -4.34. The van der Waals surface area contributed by atoms with Gasteiger partial charge in [-0.1, -0.05) is 90.9 Å². The maximum atomic E-state index is 12.3. The van der Waals surface area contributed by atoms with Gasteiger partial charge in [-0.15, -0.1) is 0 Å². The Bertz CT molecular complexity index is 576. The van der Waals surface area contributed by atoms with Crippen molar-refractivity contribution in [2.75, 3.05) is 26.4 Å². The first kappa shape index (κ1) is 34.0. The molecular weight excluding hydrogens is 473 g/mol. The van der Waals surface area contributed by atoms with Gasteiger partial charge >= 0.3 is 19.8 Å². The van der Waals surface area contributed by atoms with Crippen molar-refractivity contribution in [1.29, 1.82) is 0 Å². The van der Waals surface area contributed by atoms with Gasteiger partial charge in [0, 0.05) is 19.4 Å². The Morgan fingerprint density at radius 1 is 0.743 bits per heavy atom. The molecule has 208 valence electrons. The van der Waals surface area contributed by atoms with Crippen LogP contribution in [0, 0.1) is 0 Å². The van der Waals surface area contributed by atoms with Crippen LogP contribution in [0.25, 0.3) is 0 Å². The predicted octanol–water partition coefficient (Wildman–Crippen LogP) is 5.82. The Kier molecular flexibility index (Phi) is 22.7. The van der Waals surface area contributed by atoms with Crippen LogP contribution in [0.1, 0.15) is 117 Å². The molecule has 0 rings (SSSR count). The van der Waals surface area contributed by atoms with Crippen LogP contribution in [0.5, 0.6) is 0 Å². The summed E-state index contributed by atoms with van der Waals surface area (Å²) in [6, 6.07) is 0. The topological polar surface area (TPSA) is 134 Å². The molecule has 35 heavy (non-hydrogen) atoms. The van der Waals surface area contributed by atoms with Gasteiger partial charge in [-0.3, -0.25) is 18.6 Å². The van der Waals surface area contributed by atoms with Gasteiger partial charge in [0.2, 0.25) is 0 Å². The van der Waals surface area contributed by atoms with Crippen molar-refractivity contribution in [3.63, 3.8) is 0 Å². The number of phosphoric acid groups is 1. The van der Waals surface area contributed by atoms with Crippen LogP contribution in [-0.4, -0.2) is 49.3 Å². The number of hydrogen-bond acceptors (Lipinski definition) is 8. The first-order valence-corrected chi connectivity index (χ1v) is 15.0. The molecule has 0 aliphatic heterocycles. The van der Waals surface area contributed by atoms with E-state index in [2.05, 4.69) is 13.8 Å². The highest BCUT2D eigenvalue weighted by Crippen LogP contribution is 2.43. The fraction of sp³-hybridized carbons (Fsp3) is 0.920. The number of carbonyl (C=O) groups is 2. The average molecular weight is 524 g/mol. The summed E-state index contributed by atoms with van der Waals surface area (Å²) < 4.78 is 32.1. The molecule has 0 fully saturated rings. The van der Waals surface area contributed by atoms with E-state index in [1.807, 2.05) is 0 Å². The molecule has 2 atom stereocenters. The second kappa shape index (κ2) is 23.4. The number of unbranched alkanes of at least 4 members (excludes halogenated alkanes) is 12. The lowest BCUT2D eigenvalue weighted by Gasteiger charge is -2.19. The van der Waals surface area contributed by atoms with Crippen molar-refractivity contribution >= 4 is 19.8 Å². The number of nitrogens with two attached hydrogens (primary N) is 1. The van der Waals surface area contributed by atoms with Crippen LogP contribution in [0.3, 0.4) is 0 Å². The number of ether oxygens (including phenoxy) is 2. The van der Waals surface area contributed by atoms with E-state index >= 15 is 0 Å². The number of rotatable bonds is 25. The number of esters is 2. The summed E-state index contributed by atoms with van der Waals surface area (Å²) in [6.45, 7) is 3.57. The third-order valence-corrected chi connectivity index (χ3v) is 6.48. The summed E-state index contributed by atoms with van der Waals surface area (Å²) in [4.78, 5) is 34.0. The quantitative estimate of drug-likeness (QED) is 0.0862. The normalized spacial score (nSPS) is 13.8. The molecule has 0 bridgehead atoms. The van der Waals surface area contributed by atoms with Crippen LogP contribution in [-0.2, 0) is 32.7 Å². The van der Waals surface area contributed by atoms with E-state index in [1.165, 1.54) is 32.1 Å². The highest BCUT2D eigenvalue weighted by molar-refractivity contribution is 7.47. The lowest BCUT2D eigenvalue weighted by atomic mass is 10.1. The summed E-state index contributed by atoms with van der Waals surface area (Å²) in [7, 11) is -4.34. The highest BCUT2D eigenvalue weighted by atomic mass is 31.2. The molecule has 0 heterocycles. The second-order valence-corrected chi connectivity index (χ2v) is 10.4. The van der Waals surface area contributed by atoms with Gasteiger partial charge in [0.1, 0.15) is 6.61 Å². The third kappa shape index (κ3) is 23.2. The summed E-state index contributed by atoms with van der Waals surface area (Å²) in [5.74, 6) is -0.846. The van der Waals surface area contributed by atoms with Crippen LogP contribution < -0.4 is 5.73 Å². The van der Waals surface area contributed by atoms with Gasteiger partial charge in [-0.2, -0.15) is 0 Å². The van der Waals surface area contributed by atoms with Crippen LogP contribution in [0.15, 0.2) is 0 Å². The molecular formula is C25H50NO8P. The van der Waals surface area contributed by atoms with Crippen molar-refractivity contribution in [3.8, 4) is 0 Å². The van der Waals surface area contributed by atoms with Gasteiger partial charge in [-0.25, -0.2) is 4.57 Å². The van der Waals surface area contributed by atoms with Gasteiger partial charge < -0.3 is 20.1 Å². The molecule has 0 aromatic carbocycles. The van der Waals surface area contributed by atoms with E-state index in [0.717, 1.165) is 51.4 Å². The van der Waals surface area contributed by atoms with Gasteiger partial charge in [0.05, 0.1) is 13.2 Å². The van der Waals surface area contributed by atoms with Crippen LogP contribution in [0.2, 0.25) is 0 Å². The van der Waals surface area contributed by atoms with Crippen molar-refractivity contribution in [2.45, 2.75) is 123 Å². The number of carbonyl (C=O) groups excluding carboxylic acids is 2. The van der Waals surface area contributed by atoms with Gasteiger partial charge in [-0.05, 0) is 12.8 Å². The zero-order valence-electron chi connectivity index (χ0n) is 22.0. The Balaban J connectivity index is 4.39. The average Bonchev–Trinajstić information content (AvgIpc) is 2.83. The summed E-state index contributed by atoms with van der Waals surface area (Å²) in [5.41, 5.74) is 5.27. The molecule has 0 aromatic heterocycles. The van der Waals surface area contributed by atoms with Gasteiger partial charge in [0.15, 0.2) is 6.10 Å². The van der Waals surface area contributed by atoms with E-state index in [1.54, 1.807) is 0 Å². The number of hydrogen-bond donors (Lipinski definition) is 2. The largest absolute Gasteiger partial charge is 0.472 e. The number of phosphoric ester groups is 1. The standard InChI is InChI=1S/C25H50NO8P/c1-3-5-7-9-10-11-12-14-16-18-25(28)34-23(22-33-35(29,30)32-20-19-26)21-31-24(27)17-15-13-8-6-4-2/h23H,3-22,26H2,1-2H3,(H,29,30)/t23-/m1/s1. The lowest BCUT2D eigenvalue weighted by Crippen LogP contribution is -2.29. The highest BCUT2D eigenvalue weighted by Gasteiger charge is 2.25. The van der Waals surface area contributed by atoms with Crippen molar-refractivity contribution in [2.24, 2.45) is 5.73 Å². The molecule has 9 nitrogen and oxygen atoms in total. The summed E-state index contributed by atoms with van der Waals surface area (Å²) in [6.07, 6.45) is 14.7. The third-order valence-electron chi connectivity index (χ3n) is 5.49. The molecule has 0 aliphatic carbocycles. The van der Waals surface area contributed by atoms with Crippen LogP contribution in [0.4, 0.5) is 0 Å². The fourth-order valence-electron chi connectivity index (χ4n) is 3.45. The SMILES string of the molecule is CCCCCCCCCCCC(=O)O[C@H](COC(=O)CCCCCCC)COP(=O)(O)OCCN. The summed E-state index contributed by atoms with van der Waals surface area (Å²) in [5, 5.41) is 0. The first-order chi connectivity index (χ1) is 16.8. The Labute approximate surface area is 212 Å². The maximum Gasteiger partial charge on any atom is 0.472 e. The minimum Gasteiger partial charge on any atom is -0.462 e. The molecule has 10 heteroatoms. The molecule has 0 aliphatic rings. The Morgan fingerprint density at radius 3 is 1.74 bits per heavy atom. The first-order valence-electron chi connectivity index (χ1n) is 13.5. The smallest absolute Gasteiger partial charge is 0.462 e. The zero-order valence-corrected chi connectivity index (χ0v) is 22.9. The van der Waals surface area contributed by atoms with E-state index < -0.39 is 32.5 Å². The predicted molar refractivity (Wildman–Crippen MR) is 137 cm³/mol. The monoisotopic (exact) mass is 523 g/mol. The maximum absolute atomic E-state index is 12.3. The van der Waals surface area contributed by atoms with E-state index in [0.29, 0.717) is 6.42 Å². The molecule has 0 saturated heterocycles. The molecule has 0 radical (unpaired) electrons. The fourth-order valence-corrected chi connectivity index (χ4v) is 4.22. The molecule has 3 N–H and O–H groups in total. The summed E-state index contributed by atoms with van der Waals surface area (Å²) >= 11 is 0. The van der Waals surface area contributed by atoms with Crippen LogP contribution >= 0.6 is 7.82 Å². The Hall–Kier alpha value is -0.990. The van der Waals surface area contributed by atoms with Crippen molar-refractivity contribution in [1.82, 2.24) is 0 Å². The zero-order chi connectivity index (χ0) is 26.2. The molecule has 1 unspecified atom stereocenters. The van der Waals surface area contributed by atoms with Gasteiger partial charge in [0.25, 0.3) is 0 Å². The molecule has 0 amide bonds. The Morgan fingerprint density at radius 2 is 1.23 bits per heavy atom. The molecule has 0 spiro atoms. The van der Waals surface area contributed by atoms with E-state index in [-0.39, 0.29) is 32.6 Å². The van der Waals surface area contributed by atoms with Crippen molar-refractivity contribution in [3.05, 3.63) is 0 Å². The lowest BCUT2D eigenvalue weighted by molar-refractivity contribution is -0.161. The molecule has 0 saturated carbocycles. The van der Waals surface area contributed by atoms with E-state index in [9.17, 15) is 19.0 Å². The van der Waals surface area contributed by atoms with Crippen molar-refractivity contribution < 1.29 is 37.6 Å². The van der Waals surface area contributed by atoms with E-state index in [4.69, 9.17) is 24.3 Å². The molecule has 0 aromatic rings. The second-order valence-electron chi connectivity index (χ2n) is 8.92. The minimum absolute atomic E-state index is 0.0565.